The van der Waals surface area contributed by atoms with Crippen LogP contribution < -0.4 is 5.32 Å². The first-order valence-corrected chi connectivity index (χ1v) is 10.8. The first-order valence-electron chi connectivity index (χ1n) is 10.4. The fourth-order valence-electron chi connectivity index (χ4n) is 3.04. The van der Waals surface area contributed by atoms with E-state index in [0.29, 0.717) is 6.07 Å². The Hall–Kier alpha value is -4.38. The molecule has 0 bridgehead atoms. The van der Waals surface area contributed by atoms with Gasteiger partial charge in [0.25, 0.3) is 5.91 Å². The third kappa shape index (κ3) is 7.07. The lowest BCUT2D eigenvalue weighted by molar-refractivity contribution is -0.157. The van der Waals surface area contributed by atoms with Gasteiger partial charge in [-0.15, -0.1) is 0 Å². The number of hydrogen-bond donors (Lipinski definition) is 2. The number of hydrogen-bond acceptors (Lipinski definition) is 6. The van der Waals surface area contributed by atoms with E-state index in [2.05, 4.69) is 5.32 Å². The van der Waals surface area contributed by atoms with E-state index < -0.39 is 58.5 Å². The minimum atomic E-state index is -4.86. The van der Waals surface area contributed by atoms with Gasteiger partial charge in [-0.05, 0) is 42.5 Å². The molecule has 0 radical (unpaired) electrons. The lowest BCUT2D eigenvalue weighted by Crippen LogP contribution is -2.48. The zero-order chi connectivity index (χ0) is 27.2. The van der Waals surface area contributed by atoms with Gasteiger partial charge in [0.2, 0.25) is 12.2 Å². The smallest absolute Gasteiger partial charge is 0.417 e. The molecule has 0 saturated carbocycles. The van der Waals surface area contributed by atoms with E-state index in [1.54, 1.807) is 12.1 Å². The van der Waals surface area contributed by atoms with E-state index in [0.717, 1.165) is 12.1 Å². The second-order valence-corrected chi connectivity index (χ2v) is 7.81. The van der Waals surface area contributed by atoms with Crippen molar-refractivity contribution >= 4 is 41.1 Å². The maximum atomic E-state index is 13.2. The number of carboxylic acid groups (broad SMARTS) is 1. The average Bonchev–Trinajstić information content (AvgIpc) is 2.87. The summed E-state index contributed by atoms with van der Waals surface area (Å²) < 4.78 is 49.7. The standard InChI is InChI=1S/C25H17ClF3NO7/c26-18-12-11-16(13-17(18)25(27,28)29)30-21(31)19(36-23(34)14-7-3-1-4-8-14)20(22(32)33)37-24(35)15-9-5-2-6-10-15/h1-13,19-20H,(H,30,31)(H,32,33)/t19?,20-/m1/s1. The molecule has 12 heteroatoms. The highest BCUT2D eigenvalue weighted by atomic mass is 35.5. The Bertz CT molecular complexity index is 1300. The van der Waals surface area contributed by atoms with Crippen LogP contribution in [0.2, 0.25) is 5.02 Å². The van der Waals surface area contributed by atoms with Gasteiger partial charge < -0.3 is 19.9 Å². The molecule has 0 spiro atoms. The topological polar surface area (TPSA) is 119 Å². The number of benzene rings is 3. The zero-order valence-electron chi connectivity index (χ0n) is 18.6. The number of amides is 1. The quantitative estimate of drug-likeness (QED) is 0.396. The molecule has 8 nitrogen and oxygen atoms in total. The average molecular weight is 536 g/mol. The second kappa shape index (κ2) is 11.6. The molecule has 192 valence electrons. The van der Waals surface area contributed by atoms with Crippen LogP contribution in [0.3, 0.4) is 0 Å². The molecule has 0 heterocycles. The van der Waals surface area contributed by atoms with E-state index >= 15 is 0 Å². The molecular formula is C25H17ClF3NO7. The van der Waals surface area contributed by atoms with Crippen molar-refractivity contribution in [1.29, 1.82) is 0 Å². The normalized spacial score (nSPS) is 12.6. The Morgan fingerprint density at radius 3 is 1.73 bits per heavy atom. The molecule has 2 atom stereocenters. The highest BCUT2D eigenvalue weighted by Crippen LogP contribution is 2.36. The van der Waals surface area contributed by atoms with Gasteiger partial charge in [-0.1, -0.05) is 48.0 Å². The number of anilines is 1. The van der Waals surface area contributed by atoms with Gasteiger partial charge in [0.15, 0.2) is 0 Å². The monoisotopic (exact) mass is 535 g/mol. The van der Waals surface area contributed by atoms with Gasteiger partial charge in [0.05, 0.1) is 21.7 Å². The summed E-state index contributed by atoms with van der Waals surface area (Å²) in [6, 6.07) is 16.8. The molecule has 37 heavy (non-hydrogen) atoms. The van der Waals surface area contributed by atoms with Crippen LogP contribution in [-0.2, 0) is 25.2 Å². The molecular weight excluding hydrogens is 519 g/mol. The lowest BCUT2D eigenvalue weighted by Gasteiger charge is -2.24. The van der Waals surface area contributed by atoms with E-state index in [1.165, 1.54) is 48.5 Å². The van der Waals surface area contributed by atoms with E-state index in [4.69, 9.17) is 21.1 Å². The Balaban J connectivity index is 1.94. The molecule has 0 aliphatic rings. The van der Waals surface area contributed by atoms with Crippen LogP contribution in [0.1, 0.15) is 26.3 Å². The van der Waals surface area contributed by atoms with Gasteiger partial charge in [0.1, 0.15) is 0 Å². The first-order chi connectivity index (χ1) is 17.5. The van der Waals surface area contributed by atoms with Crippen molar-refractivity contribution in [3.8, 4) is 0 Å². The summed E-state index contributed by atoms with van der Waals surface area (Å²) in [5.41, 5.74) is -1.82. The van der Waals surface area contributed by atoms with Crippen LogP contribution in [0.25, 0.3) is 0 Å². The maximum absolute atomic E-state index is 13.2. The van der Waals surface area contributed by atoms with Gasteiger partial charge in [0, 0.05) is 5.69 Å². The molecule has 3 rings (SSSR count). The van der Waals surface area contributed by atoms with E-state index in [-0.39, 0.29) is 11.1 Å². The first kappa shape index (κ1) is 27.2. The summed E-state index contributed by atoms with van der Waals surface area (Å²) in [6.45, 7) is 0. The summed E-state index contributed by atoms with van der Waals surface area (Å²) in [5, 5.41) is 11.1. The number of carbonyl (C=O) groups excluding carboxylic acids is 3. The largest absolute Gasteiger partial charge is 0.478 e. The Morgan fingerprint density at radius 2 is 1.27 bits per heavy atom. The van der Waals surface area contributed by atoms with Gasteiger partial charge in [-0.2, -0.15) is 13.2 Å². The summed E-state index contributed by atoms with van der Waals surface area (Å²) >= 11 is 5.59. The molecule has 1 amide bonds. The Morgan fingerprint density at radius 1 is 0.784 bits per heavy atom. The van der Waals surface area contributed by atoms with Crippen LogP contribution >= 0.6 is 11.6 Å². The number of aliphatic carboxylic acids is 1. The number of nitrogens with one attached hydrogen (secondary N) is 1. The van der Waals surface area contributed by atoms with Gasteiger partial charge in [-0.25, -0.2) is 14.4 Å². The van der Waals surface area contributed by atoms with Gasteiger partial charge in [-0.3, -0.25) is 4.79 Å². The summed E-state index contributed by atoms with van der Waals surface area (Å²) in [4.78, 5) is 50.1. The maximum Gasteiger partial charge on any atom is 0.417 e. The van der Waals surface area contributed by atoms with Crippen molar-refractivity contribution < 1.29 is 46.9 Å². The predicted octanol–water partition coefficient (Wildman–Crippen LogP) is 4.83. The van der Waals surface area contributed by atoms with Crippen LogP contribution in [0, 0.1) is 0 Å². The van der Waals surface area contributed by atoms with Crippen molar-refractivity contribution in [1.82, 2.24) is 0 Å². The summed E-state index contributed by atoms with van der Waals surface area (Å²) in [6.07, 6.45) is -9.50. The lowest BCUT2D eigenvalue weighted by atomic mass is 10.1. The van der Waals surface area contributed by atoms with Gasteiger partial charge >= 0.3 is 24.1 Å². The molecule has 0 aliphatic carbocycles. The van der Waals surface area contributed by atoms with E-state index in [9.17, 15) is 37.5 Å². The Labute approximate surface area is 212 Å². The van der Waals surface area contributed by atoms with E-state index in [1.807, 2.05) is 0 Å². The fourth-order valence-corrected chi connectivity index (χ4v) is 3.27. The molecule has 1 unspecified atom stereocenters. The third-order valence-corrected chi connectivity index (χ3v) is 5.13. The number of carbonyl (C=O) groups is 4. The van der Waals surface area contributed by atoms with Crippen LogP contribution in [0.5, 0.6) is 0 Å². The number of carboxylic acids is 1. The number of esters is 2. The zero-order valence-corrected chi connectivity index (χ0v) is 19.3. The molecule has 0 aliphatic heterocycles. The van der Waals surface area contributed by atoms with Crippen molar-refractivity contribution in [3.63, 3.8) is 0 Å². The van der Waals surface area contributed by atoms with Crippen molar-refractivity contribution in [2.24, 2.45) is 0 Å². The fraction of sp³-hybridized carbons (Fsp3) is 0.120. The van der Waals surface area contributed by atoms with Crippen molar-refractivity contribution in [2.45, 2.75) is 18.4 Å². The highest BCUT2D eigenvalue weighted by Gasteiger charge is 2.41. The molecule has 3 aromatic carbocycles. The summed E-state index contributed by atoms with van der Waals surface area (Å²) in [7, 11) is 0. The Kier molecular flexibility index (Phi) is 8.51. The minimum Gasteiger partial charge on any atom is -0.478 e. The van der Waals surface area contributed by atoms with Crippen molar-refractivity contribution in [3.05, 3.63) is 101 Å². The highest BCUT2D eigenvalue weighted by molar-refractivity contribution is 6.31. The number of rotatable bonds is 8. The predicted molar refractivity (Wildman–Crippen MR) is 124 cm³/mol. The SMILES string of the molecule is O=C(OC(C(=O)Nc1ccc(Cl)c(C(F)(F)F)c1)[C@@H](OC(=O)c1ccccc1)C(=O)O)c1ccccc1. The molecule has 2 N–H and O–H groups in total. The minimum absolute atomic E-state index is 0.0604. The van der Waals surface area contributed by atoms with Crippen LogP contribution in [0.15, 0.2) is 78.9 Å². The van der Waals surface area contributed by atoms with Crippen molar-refractivity contribution in [2.75, 3.05) is 5.32 Å². The third-order valence-electron chi connectivity index (χ3n) is 4.80. The molecule has 0 saturated heterocycles. The number of alkyl halides is 3. The number of halogens is 4. The number of ether oxygens (including phenoxy) is 2. The summed E-state index contributed by atoms with van der Waals surface area (Å²) in [5.74, 6) is -5.51. The van der Waals surface area contributed by atoms with Crippen LogP contribution in [-0.4, -0.2) is 41.1 Å². The molecule has 0 aromatic heterocycles. The molecule has 0 fully saturated rings. The second-order valence-electron chi connectivity index (χ2n) is 7.40. The van der Waals surface area contributed by atoms with Crippen LogP contribution in [0.4, 0.5) is 18.9 Å². The molecule has 3 aromatic rings.